The molecule has 25 heavy (non-hydrogen) atoms. The van der Waals surface area contributed by atoms with E-state index in [-0.39, 0.29) is 11.8 Å². The Bertz CT molecular complexity index is 783. The molecule has 2 heterocycles. The molecular weight excluding hydrogens is 314 g/mol. The lowest BCUT2D eigenvalue weighted by atomic mass is 9.75. The average Bonchev–Trinajstić information content (AvgIpc) is 3.02. The lowest BCUT2D eigenvalue weighted by molar-refractivity contribution is -0.144. The second-order valence-corrected chi connectivity index (χ2v) is 7.52. The van der Waals surface area contributed by atoms with E-state index >= 15 is 0 Å². The van der Waals surface area contributed by atoms with E-state index in [4.69, 9.17) is 0 Å². The van der Waals surface area contributed by atoms with Crippen LogP contribution in [0, 0.1) is 11.8 Å². The van der Waals surface area contributed by atoms with Crippen LogP contribution in [0.1, 0.15) is 25.3 Å². The van der Waals surface area contributed by atoms with Gasteiger partial charge in [0.25, 0.3) is 0 Å². The lowest BCUT2D eigenvalue weighted by Crippen LogP contribution is -2.53. The topological polar surface area (TPSA) is 56.4 Å². The number of nitrogens with zero attached hydrogens (tertiary/aromatic N) is 2. The Morgan fingerprint density at radius 1 is 1.08 bits per heavy atom. The summed E-state index contributed by atoms with van der Waals surface area (Å²) in [6.07, 6.45) is 4.40. The number of rotatable bonds is 3. The van der Waals surface area contributed by atoms with E-state index in [0.717, 1.165) is 29.3 Å². The third kappa shape index (κ3) is 3.15. The number of nitrogens with one attached hydrogen (secondary N) is 1. The van der Waals surface area contributed by atoms with E-state index in [0.29, 0.717) is 44.4 Å². The van der Waals surface area contributed by atoms with Crippen molar-refractivity contribution in [3.05, 3.63) is 36.0 Å². The SMILES string of the molecule is CC1CC(C(=O)N2CCN(C(=O)Cc3c[nH]c4ccccc34)CC2)C1. The van der Waals surface area contributed by atoms with Crippen LogP contribution in [0.5, 0.6) is 0 Å². The molecule has 2 aliphatic rings. The minimum atomic E-state index is 0.147. The van der Waals surface area contributed by atoms with Crippen LogP contribution in [-0.2, 0) is 16.0 Å². The zero-order valence-electron chi connectivity index (χ0n) is 14.7. The standard InChI is InChI=1S/C20H25N3O2/c1-14-10-15(11-14)20(25)23-8-6-22(7-9-23)19(24)12-16-13-21-18-5-3-2-4-17(16)18/h2-5,13-15,21H,6-12H2,1H3. The van der Waals surface area contributed by atoms with Crippen LogP contribution in [0.3, 0.4) is 0 Å². The summed E-state index contributed by atoms with van der Waals surface area (Å²) < 4.78 is 0. The molecule has 1 aliphatic carbocycles. The molecule has 4 rings (SSSR count). The molecule has 0 atom stereocenters. The number of hydrogen-bond acceptors (Lipinski definition) is 2. The second-order valence-electron chi connectivity index (χ2n) is 7.52. The predicted molar refractivity (Wildman–Crippen MR) is 97.1 cm³/mol. The Kier molecular flexibility index (Phi) is 4.24. The summed E-state index contributed by atoms with van der Waals surface area (Å²) in [6, 6.07) is 8.05. The molecule has 0 radical (unpaired) electrons. The first-order chi connectivity index (χ1) is 12.1. The van der Waals surface area contributed by atoms with E-state index in [1.165, 1.54) is 0 Å². The normalized spacial score (nSPS) is 23.6. The number of fused-ring (bicyclic) bond motifs is 1. The average molecular weight is 339 g/mol. The van der Waals surface area contributed by atoms with Crippen molar-refractivity contribution >= 4 is 22.7 Å². The van der Waals surface area contributed by atoms with Crippen molar-refractivity contribution in [2.24, 2.45) is 11.8 Å². The van der Waals surface area contributed by atoms with Gasteiger partial charge < -0.3 is 14.8 Å². The van der Waals surface area contributed by atoms with Gasteiger partial charge in [-0.05, 0) is 30.4 Å². The minimum absolute atomic E-state index is 0.147. The van der Waals surface area contributed by atoms with Crippen molar-refractivity contribution in [3.8, 4) is 0 Å². The second kappa shape index (κ2) is 6.54. The number of H-pyrrole nitrogens is 1. The molecule has 132 valence electrons. The number of hydrogen-bond donors (Lipinski definition) is 1. The van der Waals surface area contributed by atoms with Crippen LogP contribution in [0.15, 0.2) is 30.5 Å². The summed E-state index contributed by atoms with van der Waals surface area (Å²) in [5.74, 6) is 1.35. The molecule has 1 aliphatic heterocycles. The van der Waals surface area contributed by atoms with Crippen LogP contribution < -0.4 is 0 Å². The molecule has 0 spiro atoms. The predicted octanol–water partition coefficient (Wildman–Crippen LogP) is 2.43. The molecule has 2 amide bonds. The Labute approximate surface area is 148 Å². The maximum atomic E-state index is 12.6. The van der Waals surface area contributed by atoms with Gasteiger partial charge in [-0.3, -0.25) is 9.59 Å². The monoisotopic (exact) mass is 339 g/mol. The van der Waals surface area contributed by atoms with Crippen molar-refractivity contribution in [3.63, 3.8) is 0 Å². The number of piperazine rings is 1. The van der Waals surface area contributed by atoms with Crippen molar-refractivity contribution in [1.29, 1.82) is 0 Å². The Balaban J connectivity index is 1.33. The Morgan fingerprint density at radius 3 is 2.48 bits per heavy atom. The highest BCUT2D eigenvalue weighted by atomic mass is 16.2. The molecule has 2 aromatic rings. The first kappa shape index (κ1) is 16.2. The third-order valence-corrected chi connectivity index (χ3v) is 5.68. The summed E-state index contributed by atoms with van der Waals surface area (Å²) in [4.78, 5) is 32.1. The van der Waals surface area contributed by atoms with Gasteiger partial charge in [0.1, 0.15) is 0 Å². The maximum absolute atomic E-state index is 12.6. The highest BCUT2D eigenvalue weighted by Crippen LogP contribution is 2.34. The van der Waals surface area contributed by atoms with Crippen LogP contribution in [0.4, 0.5) is 0 Å². The number of amides is 2. The molecule has 1 saturated heterocycles. The van der Waals surface area contributed by atoms with Crippen molar-refractivity contribution in [1.82, 2.24) is 14.8 Å². The highest BCUT2D eigenvalue weighted by molar-refractivity contribution is 5.89. The molecule has 2 fully saturated rings. The van der Waals surface area contributed by atoms with Crippen molar-refractivity contribution in [2.75, 3.05) is 26.2 Å². The number of para-hydroxylation sites is 1. The van der Waals surface area contributed by atoms with Crippen LogP contribution in [0.25, 0.3) is 10.9 Å². The van der Waals surface area contributed by atoms with Gasteiger partial charge in [0.2, 0.25) is 11.8 Å². The van der Waals surface area contributed by atoms with E-state index in [2.05, 4.69) is 11.9 Å². The minimum Gasteiger partial charge on any atom is -0.361 e. The molecule has 0 unspecified atom stereocenters. The molecule has 5 nitrogen and oxygen atoms in total. The number of aromatic nitrogens is 1. The van der Waals surface area contributed by atoms with Crippen LogP contribution in [-0.4, -0.2) is 52.8 Å². The van der Waals surface area contributed by atoms with Gasteiger partial charge in [0.15, 0.2) is 0 Å². The first-order valence-electron chi connectivity index (χ1n) is 9.23. The van der Waals surface area contributed by atoms with E-state index in [9.17, 15) is 9.59 Å². The zero-order valence-corrected chi connectivity index (χ0v) is 14.7. The fourth-order valence-electron chi connectivity index (χ4n) is 4.09. The van der Waals surface area contributed by atoms with Gasteiger partial charge >= 0.3 is 0 Å². The maximum Gasteiger partial charge on any atom is 0.227 e. The summed E-state index contributed by atoms with van der Waals surface area (Å²) in [5.41, 5.74) is 2.11. The summed E-state index contributed by atoms with van der Waals surface area (Å²) >= 11 is 0. The van der Waals surface area contributed by atoms with Gasteiger partial charge in [0, 0.05) is 49.2 Å². The first-order valence-corrected chi connectivity index (χ1v) is 9.23. The highest BCUT2D eigenvalue weighted by Gasteiger charge is 2.35. The fraction of sp³-hybridized carbons (Fsp3) is 0.500. The van der Waals surface area contributed by atoms with Crippen molar-refractivity contribution < 1.29 is 9.59 Å². The smallest absolute Gasteiger partial charge is 0.227 e. The van der Waals surface area contributed by atoms with E-state index < -0.39 is 0 Å². The number of carbonyl (C=O) groups excluding carboxylic acids is 2. The summed E-state index contributed by atoms with van der Waals surface area (Å²) in [6.45, 7) is 4.84. The number of aromatic amines is 1. The molecule has 1 saturated carbocycles. The summed E-state index contributed by atoms with van der Waals surface area (Å²) in [5, 5.41) is 1.11. The summed E-state index contributed by atoms with van der Waals surface area (Å²) in [7, 11) is 0. The molecule has 1 N–H and O–H groups in total. The quantitative estimate of drug-likeness (QED) is 0.934. The van der Waals surface area contributed by atoms with Crippen LogP contribution in [0.2, 0.25) is 0 Å². The van der Waals surface area contributed by atoms with Gasteiger partial charge in [-0.25, -0.2) is 0 Å². The molecule has 0 bridgehead atoms. The Morgan fingerprint density at radius 2 is 1.76 bits per heavy atom. The Hall–Kier alpha value is -2.30. The van der Waals surface area contributed by atoms with Crippen LogP contribution >= 0.6 is 0 Å². The van der Waals surface area contributed by atoms with Gasteiger partial charge in [-0.2, -0.15) is 0 Å². The molecule has 1 aromatic heterocycles. The van der Waals surface area contributed by atoms with E-state index in [1.54, 1.807) is 0 Å². The largest absolute Gasteiger partial charge is 0.361 e. The lowest BCUT2D eigenvalue weighted by Gasteiger charge is -2.40. The van der Waals surface area contributed by atoms with Gasteiger partial charge in [-0.1, -0.05) is 25.1 Å². The molecular formula is C20H25N3O2. The number of carbonyl (C=O) groups is 2. The van der Waals surface area contributed by atoms with Crippen molar-refractivity contribution in [2.45, 2.75) is 26.2 Å². The molecule has 1 aromatic carbocycles. The third-order valence-electron chi connectivity index (χ3n) is 5.68. The van der Waals surface area contributed by atoms with Gasteiger partial charge in [0.05, 0.1) is 6.42 Å². The molecule has 5 heteroatoms. The van der Waals surface area contributed by atoms with E-state index in [1.807, 2.05) is 40.3 Å². The fourth-order valence-corrected chi connectivity index (χ4v) is 4.09. The van der Waals surface area contributed by atoms with Gasteiger partial charge in [-0.15, -0.1) is 0 Å². The zero-order chi connectivity index (χ0) is 17.4. The number of benzene rings is 1.